The summed E-state index contributed by atoms with van der Waals surface area (Å²) in [7, 11) is 0. The molecule has 2 aromatic heterocycles. The molecule has 5 rings (SSSR count). The van der Waals surface area contributed by atoms with Gasteiger partial charge < -0.3 is 9.26 Å². The van der Waals surface area contributed by atoms with Crippen LogP contribution in [0.25, 0.3) is 22.8 Å². The average Bonchev–Trinajstić information content (AvgIpc) is 3.46. The van der Waals surface area contributed by atoms with Gasteiger partial charge in [0.2, 0.25) is 5.82 Å². The van der Waals surface area contributed by atoms with Crippen LogP contribution in [0.3, 0.4) is 0 Å². The molecule has 0 spiro atoms. The Kier molecular flexibility index (Phi) is 5.49. The number of benzene rings is 1. The molecule has 0 N–H and O–H groups in total. The number of hydrogen-bond acceptors (Lipinski definition) is 7. The Morgan fingerprint density at radius 2 is 1.86 bits per heavy atom. The molecule has 29 heavy (non-hydrogen) atoms. The second-order valence-corrected chi connectivity index (χ2v) is 8.75. The molecule has 1 aromatic carbocycles. The van der Waals surface area contributed by atoms with E-state index in [-0.39, 0.29) is 6.10 Å². The van der Waals surface area contributed by atoms with Crippen molar-refractivity contribution >= 4 is 11.8 Å². The van der Waals surface area contributed by atoms with E-state index in [1.165, 1.54) is 24.3 Å². The molecule has 7 heteroatoms. The standard InChI is InChI=1S/C22H24N4O2S/c1-2-4-20(27-18-7-12-26(15-18)17-8-13-29-14-9-17)19(3-1)22-24-21(25-28-22)16-5-10-23-11-6-16/h1-6,10-11,17-18H,7-9,12-15H2. The van der Waals surface area contributed by atoms with Gasteiger partial charge in [0.25, 0.3) is 5.89 Å². The molecule has 0 saturated carbocycles. The minimum absolute atomic E-state index is 0.202. The van der Waals surface area contributed by atoms with Gasteiger partial charge in [-0.2, -0.15) is 16.7 Å². The van der Waals surface area contributed by atoms with E-state index in [4.69, 9.17) is 9.26 Å². The normalized spacial score (nSPS) is 20.8. The van der Waals surface area contributed by atoms with E-state index >= 15 is 0 Å². The first-order valence-corrected chi connectivity index (χ1v) is 11.3. The summed E-state index contributed by atoms with van der Waals surface area (Å²) in [6.45, 7) is 2.12. The van der Waals surface area contributed by atoms with Crippen LogP contribution in [0.1, 0.15) is 19.3 Å². The number of hydrogen-bond donors (Lipinski definition) is 0. The maximum Gasteiger partial charge on any atom is 0.262 e. The number of nitrogens with zero attached hydrogens (tertiary/aromatic N) is 4. The number of ether oxygens (including phenoxy) is 1. The Bertz CT molecular complexity index is 943. The van der Waals surface area contributed by atoms with Crippen LogP contribution in [0.15, 0.2) is 53.3 Å². The first-order chi connectivity index (χ1) is 14.4. The summed E-state index contributed by atoms with van der Waals surface area (Å²) in [6.07, 6.45) is 7.30. The SMILES string of the molecule is c1ccc(-c2nc(-c3ccncc3)no2)c(OC2CCN(C3CCSCC3)C2)c1. The largest absolute Gasteiger partial charge is 0.488 e. The molecule has 150 valence electrons. The highest BCUT2D eigenvalue weighted by Gasteiger charge is 2.31. The molecule has 0 aliphatic carbocycles. The van der Waals surface area contributed by atoms with Crippen LogP contribution >= 0.6 is 11.8 Å². The highest BCUT2D eigenvalue weighted by Crippen LogP contribution is 2.33. The van der Waals surface area contributed by atoms with Gasteiger partial charge in [-0.15, -0.1) is 0 Å². The molecule has 1 unspecified atom stereocenters. The lowest BCUT2D eigenvalue weighted by atomic mass is 10.1. The molecule has 2 aliphatic rings. The minimum Gasteiger partial charge on any atom is -0.488 e. The fourth-order valence-corrected chi connectivity index (χ4v) is 5.19. The van der Waals surface area contributed by atoms with Crippen LogP contribution in [-0.4, -0.2) is 56.8 Å². The van der Waals surface area contributed by atoms with Crippen molar-refractivity contribution in [1.82, 2.24) is 20.0 Å². The highest BCUT2D eigenvalue weighted by molar-refractivity contribution is 7.99. The smallest absolute Gasteiger partial charge is 0.262 e. The Morgan fingerprint density at radius 1 is 1.03 bits per heavy atom. The zero-order chi connectivity index (χ0) is 19.5. The maximum atomic E-state index is 6.41. The summed E-state index contributed by atoms with van der Waals surface area (Å²) in [5.74, 6) is 4.41. The molecule has 2 aliphatic heterocycles. The average molecular weight is 409 g/mol. The van der Waals surface area contributed by atoms with Crippen LogP contribution in [-0.2, 0) is 0 Å². The molecule has 6 nitrogen and oxygen atoms in total. The highest BCUT2D eigenvalue weighted by atomic mass is 32.2. The van der Waals surface area contributed by atoms with Gasteiger partial charge in [0.15, 0.2) is 0 Å². The zero-order valence-corrected chi connectivity index (χ0v) is 17.1. The molecule has 2 saturated heterocycles. The van der Waals surface area contributed by atoms with Crippen LogP contribution in [0.4, 0.5) is 0 Å². The predicted molar refractivity (Wildman–Crippen MR) is 114 cm³/mol. The Morgan fingerprint density at radius 3 is 2.72 bits per heavy atom. The summed E-state index contributed by atoms with van der Waals surface area (Å²) in [4.78, 5) is 11.2. The van der Waals surface area contributed by atoms with Crippen molar-refractivity contribution in [2.24, 2.45) is 0 Å². The molecule has 2 fully saturated rings. The van der Waals surface area contributed by atoms with Crippen molar-refractivity contribution in [1.29, 1.82) is 0 Å². The number of likely N-dealkylation sites (tertiary alicyclic amines) is 1. The molecule has 3 aromatic rings. The van der Waals surface area contributed by atoms with Crippen LogP contribution < -0.4 is 4.74 Å². The van der Waals surface area contributed by atoms with Crippen molar-refractivity contribution in [2.45, 2.75) is 31.4 Å². The van der Waals surface area contributed by atoms with E-state index in [2.05, 4.69) is 31.8 Å². The number of pyridine rings is 1. The summed E-state index contributed by atoms with van der Waals surface area (Å²) in [6, 6.07) is 12.4. The summed E-state index contributed by atoms with van der Waals surface area (Å²) in [5, 5.41) is 4.13. The predicted octanol–water partition coefficient (Wildman–Crippen LogP) is 4.15. The lowest BCUT2D eigenvalue weighted by Crippen LogP contribution is -2.37. The van der Waals surface area contributed by atoms with Gasteiger partial charge in [0.1, 0.15) is 11.9 Å². The first kappa shape index (κ1) is 18.6. The second kappa shape index (κ2) is 8.55. The maximum absolute atomic E-state index is 6.41. The molecular formula is C22H24N4O2S. The van der Waals surface area contributed by atoms with Gasteiger partial charge in [0.05, 0.1) is 5.56 Å². The van der Waals surface area contributed by atoms with Crippen molar-refractivity contribution in [2.75, 3.05) is 24.6 Å². The summed E-state index contributed by atoms with van der Waals surface area (Å²) in [5.41, 5.74) is 1.72. The van der Waals surface area contributed by atoms with E-state index < -0.39 is 0 Å². The molecule has 0 radical (unpaired) electrons. The van der Waals surface area contributed by atoms with Crippen molar-refractivity contribution in [3.63, 3.8) is 0 Å². The first-order valence-electron chi connectivity index (χ1n) is 10.2. The molecule has 1 atom stereocenters. The van der Waals surface area contributed by atoms with Gasteiger partial charge in [-0.1, -0.05) is 17.3 Å². The summed E-state index contributed by atoms with van der Waals surface area (Å²) < 4.78 is 12.0. The van der Waals surface area contributed by atoms with Gasteiger partial charge in [0, 0.05) is 37.1 Å². The van der Waals surface area contributed by atoms with Crippen LogP contribution in [0, 0.1) is 0 Å². The molecule has 0 amide bonds. The number of thioether (sulfide) groups is 1. The lowest BCUT2D eigenvalue weighted by molar-refractivity contribution is 0.172. The van der Waals surface area contributed by atoms with E-state index in [0.29, 0.717) is 11.7 Å². The van der Waals surface area contributed by atoms with Crippen molar-refractivity contribution in [3.05, 3.63) is 48.8 Å². The fourth-order valence-electron chi connectivity index (χ4n) is 4.11. The topological polar surface area (TPSA) is 64.3 Å². The molecular weight excluding hydrogens is 384 g/mol. The molecule has 4 heterocycles. The quantitative estimate of drug-likeness (QED) is 0.628. The third kappa shape index (κ3) is 4.16. The fraction of sp³-hybridized carbons (Fsp3) is 0.409. The van der Waals surface area contributed by atoms with E-state index in [9.17, 15) is 0 Å². The third-order valence-electron chi connectivity index (χ3n) is 5.66. The van der Waals surface area contributed by atoms with Crippen molar-refractivity contribution in [3.8, 4) is 28.6 Å². The third-order valence-corrected chi connectivity index (χ3v) is 6.71. The number of aromatic nitrogens is 3. The van der Waals surface area contributed by atoms with E-state index in [0.717, 1.165) is 42.4 Å². The Hall–Kier alpha value is -2.38. The van der Waals surface area contributed by atoms with E-state index in [1.807, 2.05) is 36.4 Å². The second-order valence-electron chi connectivity index (χ2n) is 7.52. The zero-order valence-electron chi connectivity index (χ0n) is 16.2. The van der Waals surface area contributed by atoms with E-state index in [1.54, 1.807) is 12.4 Å². The number of rotatable bonds is 5. The van der Waals surface area contributed by atoms with Gasteiger partial charge >= 0.3 is 0 Å². The van der Waals surface area contributed by atoms with Gasteiger partial charge in [-0.05, 0) is 55.0 Å². The minimum atomic E-state index is 0.202. The van der Waals surface area contributed by atoms with Gasteiger partial charge in [-0.3, -0.25) is 9.88 Å². The number of para-hydroxylation sites is 1. The Balaban J connectivity index is 1.31. The monoisotopic (exact) mass is 408 g/mol. The lowest BCUT2D eigenvalue weighted by Gasteiger charge is -2.30. The summed E-state index contributed by atoms with van der Waals surface area (Å²) >= 11 is 2.08. The molecule has 0 bridgehead atoms. The van der Waals surface area contributed by atoms with Crippen LogP contribution in [0.2, 0.25) is 0 Å². The van der Waals surface area contributed by atoms with Crippen molar-refractivity contribution < 1.29 is 9.26 Å². The Labute approximate surface area is 174 Å². The van der Waals surface area contributed by atoms with Gasteiger partial charge in [-0.25, -0.2) is 0 Å². The van der Waals surface area contributed by atoms with Crippen LogP contribution in [0.5, 0.6) is 5.75 Å².